The molecule has 0 radical (unpaired) electrons. The zero-order valence-corrected chi connectivity index (χ0v) is 19.1. The molecule has 9 nitrogen and oxygen atoms in total. The van der Waals surface area contributed by atoms with Crippen molar-refractivity contribution < 1.29 is 13.9 Å². The van der Waals surface area contributed by atoms with Crippen molar-refractivity contribution in [2.24, 2.45) is 5.10 Å². The lowest BCUT2D eigenvalue weighted by Gasteiger charge is -2.18. The number of hydrogen-bond acceptors (Lipinski definition) is 7. The van der Waals surface area contributed by atoms with Crippen LogP contribution in [-0.4, -0.2) is 31.6 Å². The number of nitrogens with zero attached hydrogens (tertiary/aromatic N) is 5. The van der Waals surface area contributed by atoms with Gasteiger partial charge in [-0.25, -0.2) is 9.48 Å². The molecule has 1 amide bonds. The number of carbonyl (C=O) groups excluding carboxylic acids is 1. The van der Waals surface area contributed by atoms with Crippen molar-refractivity contribution in [3.63, 3.8) is 0 Å². The predicted octanol–water partition coefficient (Wildman–Crippen LogP) is 4.28. The Hall–Kier alpha value is -5.05. The highest BCUT2D eigenvalue weighted by Crippen LogP contribution is 2.36. The van der Waals surface area contributed by atoms with Gasteiger partial charge in [0.1, 0.15) is 11.3 Å². The summed E-state index contributed by atoms with van der Waals surface area (Å²) in [7, 11) is 0. The van der Waals surface area contributed by atoms with Gasteiger partial charge in [0.05, 0.1) is 16.8 Å². The van der Waals surface area contributed by atoms with Crippen molar-refractivity contribution in [2.45, 2.75) is 13.2 Å². The molecular formula is C27H19N5O4. The van der Waals surface area contributed by atoms with Crippen molar-refractivity contribution in [1.82, 2.24) is 19.8 Å². The third-order valence-electron chi connectivity index (χ3n) is 5.82. The molecule has 1 aliphatic heterocycles. The molecule has 0 N–H and O–H groups in total. The molecule has 9 heteroatoms. The summed E-state index contributed by atoms with van der Waals surface area (Å²) >= 11 is 0. The summed E-state index contributed by atoms with van der Waals surface area (Å²) in [5.74, 6) is -0.0606. The minimum atomic E-state index is -0.941. The maximum Gasteiger partial charge on any atom is 0.345 e. The van der Waals surface area contributed by atoms with Gasteiger partial charge in [0.15, 0.2) is 0 Å². The molecule has 176 valence electrons. The smallest absolute Gasteiger partial charge is 0.345 e. The first-order valence-electron chi connectivity index (χ1n) is 11.2. The fourth-order valence-electron chi connectivity index (χ4n) is 4.10. The van der Waals surface area contributed by atoms with Gasteiger partial charge in [-0.2, -0.15) is 10.1 Å². The minimum absolute atomic E-state index is 0.253. The average Bonchev–Trinajstić information content (AvgIpc) is 3.55. The second-order valence-electron chi connectivity index (χ2n) is 8.17. The Bertz CT molecular complexity index is 1680. The van der Waals surface area contributed by atoms with Crippen LogP contribution >= 0.6 is 0 Å². The minimum Gasteiger partial charge on any atom is -0.446 e. The van der Waals surface area contributed by atoms with Crippen LogP contribution in [0.25, 0.3) is 27.9 Å². The monoisotopic (exact) mass is 477 g/mol. The van der Waals surface area contributed by atoms with Gasteiger partial charge in [-0.3, -0.25) is 9.78 Å². The largest absolute Gasteiger partial charge is 0.446 e. The van der Waals surface area contributed by atoms with Crippen LogP contribution < -0.4 is 5.63 Å². The first-order chi connectivity index (χ1) is 17.6. The van der Waals surface area contributed by atoms with Crippen LogP contribution in [0.1, 0.15) is 24.3 Å². The van der Waals surface area contributed by atoms with E-state index in [0.29, 0.717) is 22.4 Å². The molecule has 6 rings (SSSR count). The molecule has 1 unspecified atom stereocenters. The highest BCUT2D eigenvalue weighted by Gasteiger charge is 2.37. The molecule has 0 saturated carbocycles. The number of carbonyl (C=O) groups is 1. The molecule has 0 spiro atoms. The predicted molar refractivity (Wildman–Crippen MR) is 132 cm³/mol. The summed E-state index contributed by atoms with van der Waals surface area (Å²) in [6.45, 7) is 1.40. The highest BCUT2D eigenvalue weighted by molar-refractivity contribution is 5.96. The van der Waals surface area contributed by atoms with E-state index in [9.17, 15) is 9.59 Å². The average molecular weight is 477 g/mol. The van der Waals surface area contributed by atoms with Gasteiger partial charge in [-0.15, -0.1) is 5.10 Å². The van der Waals surface area contributed by atoms with Crippen LogP contribution in [0.4, 0.5) is 0 Å². The maximum absolute atomic E-state index is 13.1. The first kappa shape index (κ1) is 21.5. The molecule has 4 heterocycles. The van der Waals surface area contributed by atoms with Crippen molar-refractivity contribution in [2.75, 3.05) is 0 Å². The fourth-order valence-corrected chi connectivity index (χ4v) is 4.10. The number of hydrogen-bond donors (Lipinski definition) is 0. The van der Waals surface area contributed by atoms with Crippen molar-refractivity contribution >= 4 is 22.8 Å². The number of ether oxygens (including phenoxy) is 1. The standard InChI is InChI=1S/C27H19N5O4/c1-17(33)32-26(36-25(30-32)18-11-13-28-14-12-18)22-16-31(20-8-3-2-4-9-20)29-24(22)21-15-19-7-5-6-10-23(19)35-27(21)34/h2-16,26H,1H3. The lowest BCUT2D eigenvalue weighted by Crippen LogP contribution is -2.25. The maximum atomic E-state index is 13.1. The Morgan fingerprint density at radius 1 is 0.972 bits per heavy atom. The fraction of sp³-hybridized carbons (Fsp3) is 0.0741. The first-order valence-corrected chi connectivity index (χ1v) is 11.2. The number of amides is 1. The quantitative estimate of drug-likeness (QED) is 0.358. The molecule has 0 aliphatic carbocycles. The SMILES string of the molecule is CC(=O)N1N=C(c2ccncc2)OC1c1cn(-c2ccccc2)nc1-c1cc2ccccc2oc1=O. The molecule has 0 bridgehead atoms. The van der Waals surface area contributed by atoms with E-state index in [-0.39, 0.29) is 17.4 Å². The molecular weight excluding hydrogens is 458 g/mol. The number of fused-ring (bicyclic) bond motifs is 1. The van der Waals surface area contributed by atoms with E-state index in [2.05, 4.69) is 10.1 Å². The molecule has 0 fully saturated rings. The van der Waals surface area contributed by atoms with Crippen LogP contribution in [0.15, 0.2) is 106 Å². The van der Waals surface area contributed by atoms with Gasteiger partial charge in [-0.1, -0.05) is 36.4 Å². The number of benzene rings is 2. The van der Waals surface area contributed by atoms with E-state index in [1.807, 2.05) is 42.5 Å². The number of rotatable bonds is 4. The molecule has 36 heavy (non-hydrogen) atoms. The Morgan fingerprint density at radius 2 is 1.72 bits per heavy atom. The molecule has 1 atom stereocenters. The number of aromatic nitrogens is 3. The number of hydrazone groups is 1. The van der Waals surface area contributed by atoms with Crippen LogP contribution in [0.3, 0.4) is 0 Å². The number of pyridine rings is 1. The van der Waals surface area contributed by atoms with Crippen LogP contribution in [0.5, 0.6) is 0 Å². The number of para-hydroxylation sites is 2. The summed E-state index contributed by atoms with van der Waals surface area (Å²) in [6.07, 6.45) is 4.03. The summed E-state index contributed by atoms with van der Waals surface area (Å²) in [6, 6.07) is 21.9. The van der Waals surface area contributed by atoms with Gasteiger partial charge < -0.3 is 9.15 Å². The Labute approximate surface area is 204 Å². The zero-order valence-electron chi connectivity index (χ0n) is 19.1. The topological polar surface area (TPSA) is 103 Å². The summed E-state index contributed by atoms with van der Waals surface area (Å²) < 4.78 is 13.4. The second kappa shape index (κ2) is 8.62. The molecule has 2 aromatic carbocycles. The van der Waals surface area contributed by atoms with E-state index in [1.165, 1.54) is 11.9 Å². The van der Waals surface area contributed by atoms with Gasteiger partial charge in [0, 0.05) is 36.5 Å². The Kier molecular flexibility index (Phi) is 5.15. The Balaban J connectivity index is 1.53. The van der Waals surface area contributed by atoms with Crippen molar-refractivity contribution in [1.29, 1.82) is 0 Å². The third kappa shape index (κ3) is 3.72. The third-order valence-corrected chi connectivity index (χ3v) is 5.82. The Morgan fingerprint density at radius 3 is 2.50 bits per heavy atom. The van der Waals surface area contributed by atoms with Crippen LogP contribution in [0, 0.1) is 0 Å². The normalized spacial score (nSPS) is 15.1. The van der Waals surface area contributed by atoms with E-state index in [0.717, 1.165) is 11.1 Å². The molecule has 3 aromatic heterocycles. The van der Waals surface area contributed by atoms with E-state index in [1.54, 1.807) is 53.6 Å². The summed E-state index contributed by atoms with van der Waals surface area (Å²) in [4.78, 5) is 29.7. The van der Waals surface area contributed by atoms with E-state index in [4.69, 9.17) is 14.3 Å². The highest BCUT2D eigenvalue weighted by atomic mass is 16.5. The van der Waals surface area contributed by atoms with Crippen LogP contribution in [0.2, 0.25) is 0 Å². The lowest BCUT2D eigenvalue weighted by molar-refractivity contribution is -0.135. The molecule has 0 saturated heterocycles. The lowest BCUT2D eigenvalue weighted by atomic mass is 10.1. The van der Waals surface area contributed by atoms with Gasteiger partial charge in [0.2, 0.25) is 18.0 Å². The van der Waals surface area contributed by atoms with E-state index >= 15 is 0 Å². The van der Waals surface area contributed by atoms with Crippen molar-refractivity contribution in [3.05, 3.63) is 113 Å². The molecule has 5 aromatic rings. The van der Waals surface area contributed by atoms with Gasteiger partial charge in [0.25, 0.3) is 0 Å². The van der Waals surface area contributed by atoms with Gasteiger partial charge in [-0.05, 0) is 36.4 Å². The van der Waals surface area contributed by atoms with Gasteiger partial charge >= 0.3 is 5.63 Å². The van der Waals surface area contributed by atoms with Crippen LogP contribution in [-0.2, 0) is 9.53 Å². The second-order valence-corrected chi connectivity index (χ2v) is 8.17. The summed E-state index contributed by atoms with van der Waals surface area (Å²) in [5, 5.41) is 11.1. The van der Waals surface area contributed by atoms with E-state index < -0.39 is 11.9 Å². The zero-order chi connectivity index (χ0) is 24.6. The van der Waals surface area contributed by atoms with Crippen molar-refractivity contribution in [3.8, 4) is 16.9 Å². The molecule has 1 aliphatic rings. The summed E-state index contributed by atoms with van der Waals surface area (Å²) in [5.41, 5.74) is 2.45.